The lowest BCUT2D eigenvalue weighted by Crippen LogP contribution is -2.25. The fourth-order valence-electron chi connectivity index (χ4n) is 4.07. The quantitative estimate of drug-likeness (QED) is 0.326. The van der Waals surface area contributed by atoms with Gasteiger partial charge < -0.3 is 15.2 Å². The molecular weight excluding hydrogens is 464 g/mol. The number of carbonyl (C=O) groups is 2. The van der Waals surface area contributed by atoms with Gasteiger partial charge in [-0.15, -0.1) is 0 Å². The fraction of sp³-hybridized carbons (Fsp3) is 0.172. The Kier molecular flexibility index (Phi) is 6.81. The second-order valence-corrected chi connectivity index (χ2v) is 9.08. The van der Waals surface area contributed by atoms with Crippen molar-refractivity contribution in [2.45, 2.75) is 26.9 Å². The minimum Gasteiger partial charge on any atom is -0.343 e. The Hall–Kier alpha value is -4.72. The van der Waals surface area contributed by atoms with Crippen LogP contribution in [0, 0.1) is 5.92 Å². The lowest BCUT2D eigenvalue weighted by molar-refractivity contribution is -0.118. The van der Waals surface area contributed by atoms with E-state index in [1.165, 1.54) is 0 Å². The molecule has 2 heterocycles. The molecule has 0 fully saturated rings. The summed E-state index contributed by atoms with van der Waals surface area (Å²) in [6.07, 6.45) is 0. The van der Waals surface area contributed by atoms with Gasteiger partial charge in [0.2, 0.25) is 5.91 Å². The van der Waals surface area contributed by atoms with Gasteiger partial charge in [0, 0.05) is 18.5 Å². The zero-order chi connectivity index (χ0) is 25.8. The zero-order valence-electron chi connectivity index (χ0n) is 20.8. The van der Waals surface area contributed by atoms with Gasteiger partial charge >= 0.3 is 0 Å². The van der Waals surface area contributed by atoms with E-state index >= 15 is 0 Å². The third kappa shape index (κ3) is 5.28. The summed E-state index contributed by atoms with van der Waals surface area (Å²) in [6, 6.07) is 29.1. The van der Waals surface area contributed by atoms with E-state index in [1.54, 1.807) is 10.7 Å². The number of fused-ring (bicyclic) bond motifs is 1. The van der Waals surface area contributed by atoms with E-state index in [9.17, 15) is 9.59 Å². The van der Waals surface area contributed by atoms with E-state index in [0.29, 0.717) is 12.4 Å². The molecule has 0 aliphatic rings. The zero-order valence-corrected chi connectivity index (χ0v) is 20.8. The Morgan fingerprint density at radius 2 is 1.57 bits per heavy atom. The molecule has 5 aromatic rings. The monoisotopic (exact) mass is 492 g/mol. The van der Waals surface area contributed by atoms with Crippen LogP contribution in [0.25, 0.3) is 16.7 Å². The highest BCUT2D eigenvalue weighted by Crippen LogP contribution is 2.20. The Morgan fingerprint density at radius 1 is 0.892 bits per heavy atom. The van der Waals surface area contributed by atoms with Crippen molar-refractivity contribution in [2.24, 2.45) is 5.92 Å². The van der Waals surface area contributed by atoms with E-state index in [2.05, 4.69) is 32.4 Å². The second-order valence-electron chi connectivity index (χ2n) is 9.08. The molecule has 0 spiro atoms. The number of carbonyl (C=O) groups excluding carboxylic acids is 2. The summed E-state index contributed by atoms with van der Waals surface area (Å²) in [5.41, 5.74) is 3.96. The van der Waals surface area contributed by atoms with Crippen molar-refractivity contribution in [3.8, 4) is 5.69 Å². The molecule has 186 valence electrons. The van der Waals surface area contributed by atoms with E-state index in [1.807, 2.05) is 86.6 Å². The Balaban J connectivity index is 1.41. The molecule has 2 aromatic heterocycles. The molecule has 0 unspecified atom stereocenters. The number of nitrogens with one attached hydrogen (secondary N) is 2. The highest BCUT2D eigenvalue weighted by Gasteiger charge is 2.19. The Labute approximate surface area is 215 Å². The number of amides is 2. The molecule has 0 radical (unpaired) electrons. The fourth-order valence-corrected chi connectivity index (χ4v) is 4.07. The minimum atomic E-state index is -0.354. The van der Waals surface area contributed by atoms with Crippen molar-refractivity contribution in [1.82, 2.24) is 24.6 Å². The molecule has 0 aliphatic carbocycles. The lowest BCUT2D eigenvalue weighted by Gasteiger charge is -2.10. The number of nitrogens with zero attached hydrogens (tertiary/aromatic N) is 4. The van der Waals surface area contributed by atoms with Crippen LogP contribution < -0.4 is 10.6 Å². The van der Waals surface area contributed by atoms with Gasteiger partial charge in [0.1, 0.15) is 11.6 Å². The van der Waals surface area contributed by atoms with Gasteiger partial charge in [0.25, 0.3) is 5.91 Å². The average Bonchev–Trinajstić information content (AvgIpc) is 3.50. The molecule has 0 saturated carbocycles. The van der Waals surface area contributed by atoms with Crippen molar-refractivity contribution in [3.05, 3.63) is 108 Å². The maximum atomic E-state index is 13.2. The summed E-state index contributed by atoms with van der Waals surface area (Å²) in [7, 11) is 0. The van der Waals surface area contributed by atoms with Crippen molar-refractivity contribution < 1.29 is 9.59 Å². The van der Waals surface area contributed by atoms with Crippen molar-refractivity contribution in [2.75, 3.05) is 5.32 Å². The largest absolute Gasteiger partial charge is 0.343 e. The van der Waals surface area contributed by atoms with Gasteiger partial charge in [-0.25, -0.2) is 9.67 Å². The van der Waals surface area contributed by atoms with Gasteiger partial charge in [-0.2, -0.15) is 5.10 Å². The topological polar surface area (TPSA) is 93.8 Å². The number of hydrogen-bond donors (Lipinski definition) is 2. The van der Waals surface area contributed by atoms with Crippen LogP contribution in [-0.2, 0) is 17.9 Å². The third-order valence-electron chi connectivity index (χ3n) is 6.04. The van der Waals surface area contributed by atoms with Crippen molar-refractivity contribution in [3.63, 3.8) is 0 Å². The molecule has 2 amide bonds. The van der Waals surface area contributed by atoms with Crippen molar-refractivity contribution in [1.29, 1.82) is 0 Å². The smallest absolute Gasteiger partial charge is 0.272 e. The van der Waals surface area contributed by atoms with Crippen LogP contribution in [0.2, 0.25) is 0 Å². The van der Waals surface area contributed by atoms with Gasteiger partial charge in [0.15, 0.2) is 5.69 Å². The SMILES string of the molecule is CC(C)C(=O)Nc1cc(C(=O)NCc2nc3ccccc3n2Cc2ccccc2)nn1-c1ccccc1. The Morgan fingerprint density at radius 3 is 2.30 bits per heavy atom. The van der Waals surface area contributed by atoms with Crippen LogP contribution in [0.15, 0.2) is 91.0 Å². The molecule has 0 bridgehead atoms. The van der Waals surface area contributed by atoms with E-state index in [-0.39, 0.29) is 30.0 Å². The number of imidazole rings is 1. The summed E-state index contributed by atoms with van der Waals surface area (Å²) in [6.45, 7) is 4.49. The first kappa shape index (κ1) is 24.0. The molecule has 0 aliphatic heterocycles. The number of benzene rings is 3. The van der Waals surface area contributed by atoms with Gasteiger partial charge in [-0.1, -0.05) is 74.5 Å². The molecule has 8 nitrogen and oxygen atoms in total. The highest BCUT2D eigenvalue weighted by atomic mass is 16.2. The van der Waals surface area contributed by atoms with E-state index < -0.39 is 0 Å². The minimum absolute atomic E-state index is 0.154. The maximum absolute atomic E-state index is 13.2. The maximum Gasteiger partial charge on any atom is 0.272 e. The second kappa shape index (κ2) is 10.5. The molecule has 3 aromatic carbocycles. The highest BCUT2D eigenvalue weighted by molar-refractivity contribution is 5.96. The molecule has 0 saturated heterocycles. The van der Waals surface area contributed by atoms with Crippen LogP contribution in [0.4, 0.5) is 5.82 Å². The molecule has 0 atom stereocenters. The summed E-state index contributed by atoms with van der Waals surface area (Å²) < 4.78 is 3.68. The summed E-state index contributed by atoms with van der Waals surface area (Å²) in [5.74, 6) is 0.460. The first-order chi connectivity index (χ1) is 18.0. The van der Waals surface area contributed by atoms with Crippen LogP contribution >= 0.6 is 0 Å². The molecule has 8 heteroatoms. The van der Waals surface area contributed by atoms with Crippen LogP contribution in [0.3, 0.4) is 0 Å². The molecule has 5 rings (SSSR count). The normalized spacial score (nSPS) is 11.1. The van der Waals surface area contributed by atoms with Gasteiger partial charge in [-0.3, -0.25) is 9.59 Å². The third-order valence-corrected chi connectivity index (χ3v) is 6.04. The molecular formula is C29H28N6O2. The molecule has 2 N–H and O–H groups in total. The van der Waals surface area contributed by atoms with Crippen LogP contribution in [0.1, 0.15) is 35.7 Å². The number of aromatic nitrogens is 4. The van der Waals surface area contributed by atoms with Crippen LogP contribution in [0.5, 0.6) is 0 Å². The average molecular weight is 493 g/mol. The number of rotatable bonds is 8. The number of hydrogen-bond acceptors (Lipinski definition) is 4. The van der Waals surface area contributed by atoms with E-state index in [0.717, 1.165) is 28.1 Å². The number of para-hydroxylation sites is 3. The predicted octanol–water partition coefficient (Wildman–Crippen LogP) is 4.79. The first-order valence-corrected chi connectivity index (χ1v) is 12.2. The standard InChI is InChI=1S/C29H28N6O2/c1-20(2)28(36)32-26-17-24(33-35(26)22-13-7-4-8-14-22)29(37)30-18-27-31-23-15-9-10-16-25(23)34(27)19-21-11-5-3-6-12-21/h3-17,20H,18-19H2,1-2H3,(H,30,37)(H,32,36). The number of anilines is 1. The molecule has 37 heavy (non-hydrogen) atoms. The van der Waals surface area contributed by atoms with E-state index in [4.69, 9.17) is 4.98 Å². The van der Waals surface area contributed by atoms with Gasteiger partial charge in [-0.05, 0) is 29.8 Å². The first-order valence-electron chi connectivity index (χ1n) is 12.2. The van der Waals surface area contributed by atoms with Gasteiger partial charge in [0.05, 0.1) is 23.3 Å². The lowest BCUT2D eigenvalue weighted by atomic mass is 10.2. The summed E-state index contributed by atoms with van der Waals surface area (Å²) in [5, 5.41) is 10.3. The predicted molar refractivity (Wildman–Crippen MR) is 143 cm³/mol. The van der Waals surface area contributed by atoms with Crippen molar-refractivity contribution >= 4 is 28.7 Å². The summed E-state index contributed by atoms with van der Waals surface area (Å²) in [4.78, 5) is 30.3. The summed E-state index contributed by atoms with van der Waals surface area (Å²) >= 11 is 0. The van der Waals surface area contributed by atoms with Crippen LogP contribution in [-0.4, -0.2) is 31.1 Å². The Bertz CT molecular complexity index is 1540.